The number of nitrogens with one attached hydrogen (secondary N) is 2. The summed E-state index contributed by atoms with van der Waals surface area (Å²) < 4.78 is 2.01. The monoisotopic (exact) mass is 412 g/mol. The molecule has 3 rings (SSSR count). The quantitative estimate of drug-likeness (QED) is 0.669. The minimum atomic E-state index is -0.610. The molecule has 2 aromatic carbocycles. The number of hydrogen-bond donors (Lipinski definition) is 2. The predicted octanol–water partition coefficient (Wildman–Crippen LogP) is 2.09. The summed E-state index contributed by atoms with van der Waals surface area (Å²) in [4.78, 5) is 48.5. The lowest BCUT2D eigenvalue weighted by molar-refractivity contribution is -0.116. The molecule has 0 aliphatic rings. The average molecular weight is 413 g/mol. The zero-order valence-electron chi connectivity index (χ0n) is 15.4. The number of aromatic nitrogens is 2. The highest BCUT2D eigenvalue weighted by molar-refractivity contribution is 6.30. The molecule has 0 unspecified atom stereocenters. The molecule has 0 aliphatic carbocycles. The van der Waals surface area contributed by atoms with E-state index in [-0.39, 0.29) is 12.1 Å². The lowest BCUT2D eigenvalue weighted by atomic mass is 10.1. The van der Waals surface area contributed by atoms with Crippen molar-refractivity contribution in [3.8, 4) is 0 Å². The highest BCUT2D eigenvalue weighted by atomic mass is 35.5. The fourth-order valence-electron chi connectivity index (χ4n) is 2.60. The van der Waals surface area contributed by atoms with Crippen molar-refractivity contribution in [1.82, 2.24) is 9.13 Å². The van der Waals surface area contributed by atoms with Crippen molar-refractivity contribution in [3.63, 3.8) is 0 Å². The number of carbonyl (C=O) groups is 2. The number of rotatable bonds is 5. The third-order valence-electron chi connectivity index (χ3n) is 4.12. The fraction of sp³-hybridized carbons (Fsp3) is 0.100. The van der Waals surface area contributed by atoms with Gasteiger partial charge < -0.3 is 10.6 Å². The summed E-state index contributed by atoms with van der Waals surface area (Å²) >= 11 is 5.84. The standard InChI is InChI=1S/C20H17ClN4O4/c1-24-18(27)10-11-25(20(24)29)12-17(26)23-16-5-3-2-4-15(16)19(28)22-14-8-6-13(21)7-9-14/h2-11H,12H2,1H3,(H,22,28)(H,23,26). The van der Waals surface area contributed by atoms with Crippen LogP contribution in [0.5, 0.6) is 0 Å². The Morgan fingerprint density at radius 2 is 1.66 bits per heavy atom. The van der Waals surface area contributed by atoms with Crippen LogP contribution in [-0.4, -0.2) is 20.9 Å². The van der Waals surface area contributed by atoms with E-state index in [1.807, 2.05) is 0 Å². The Labute approximate surface area is 170 Å². The van der Waals surface area contributed by atoms with Gasteiger partial charge in [0.1, 0.15) is 6.54 Å². The van der Waals surface area contributed by atoms with Crippen LogP contribution in [0.1, 0.15) is 10.4 Å². The highest BCUT2D eigenvalue weighted by Crippen LogP contribution is 2.19. The van der Waals surface area contributed by atoms with Gasteiger partial charge in [-0.15, -0.1) is 0 Å². The van der Waals surface area contributed by atoms with Crippen molar-refractivity contribution in [2.75, 3.05) is 10.6 Å². The first-order valence-corrected chi connectivity index (χ1v) is 8.95. The second kappa shape index (κ2) is 8.57. The summed E-state index contributed by atoms with van der Waals surface area (Å²) in [6.07, 6.45) is 1.25. The Bertz CT molecular complexity index is 1180. The Morgan fingerprint density at radius 1 is 0.966 bits per heavy atom. The van der Waals surface area contributed by atoms with Gasteiger partial charge in [0.05, 0.1) is 11.3 Å². The smallest absolute Gasteiger partial charge is 0.324 e. The van der Waals surface area contributed by atoms with Gasteiger partial charge in [0.25, 0.3) is 11.5 Å². The van der Waals surface area contributed by atoms with Gasteiger partial charge in [-0.05, 0) is 36.4 Å². The number of nitrogens with zero attached hydrogens (tertiary/aromatic N) is 2. The molecule has 29 heavy (non-hydrogen) atoms. The molecule has 8 nitrogen and oxygen atoms in total. The molecule has 1 heterocycles. The van der Waals surface area contributed by atoms with E-state index in [4.69, 9.17) is 11.6 Å². The molecule has 9 heteroatoms. The molecular formula is C20H17ClN4O4. The third-order valence-corrected chi connectivity index (χ3v) is 4.37. The molecule has 0 aliphatic heterocycles. The van der Waals surface area contributed by atoms with Crippen molar-refractivity contribution in [2.45, 2.75) is 6.54 Å². The summed E-state index contributed by atoms with van der Waals surface area (Å²) in [5, 5.41) is 5.90. The van der Waals surface area contributed by atoms with Crippen molar-refractivity contribution in [3.05, 3.63) is 92.2 Å². The van der Waals surface area contributed by atoms with Crippen molar-refractivity contribution in [2.24, 2.45) is 7.05 Å². The summed E-state index contributed by atoms with van der Waals surface area (Å²) in [5.41, 5.74) is 0.0278. The largest absolute Gasteiger partial charge is 0.331 e. The van der Waals surface area contributed by atoms with Gasteiger partial charge in [-0.3, -0.25) is 23.5 Å². The topological polar surface area (TPSA) is 102 Å². The molecule has 0 bridgehead atoms. The molecule has 1 aromatic heterocycles. The number of carbonyl (C=O) groups excluding carboxylic acids is 2. The van der Waals surface area contributed by atoms with Crippen molar-refractivity contribution in [1.29, 1.82) is 0 Å². The van der Waals surface area contributed by atoms with E-state index in [2.05, 4.69) is 10.6 Å². The lowest BCUT2D eigenvalue weighted by Crippen LogP contribution is -2.39. The highest BCUT2D eigenvalue weighted by Gasteiger charge is 2.14. The average Bonchev–Trinajstić information content (AvgIpc) is 2.70. The maximum Gasteiger partial charge on any atom is 0.331 e. The Morgan fingerprint density at radius 3 is 2.38 bits per heavy atom. The number of hydrogen-bond acceptors (Lipinski definition) is 4. The molecule has 0 spiro atoms. The molecule has 2 amide bonds. The third kappa shape index (κ3) is 4.80. The Kier molecular flexibility index (Phi) is 5.94. The van der Waals surface area contributed by atoms with Crippen LogP contribution in [0.25, 0.3) is 0 Å². The van der Waals surface area contributed by atoms with Gasteiger partial charge in [-0.25, -0.2) is 4.79 Å². The minimum absolute atomic E-state index is 0.253. The van der Waals surface area contributed by atoms with E-state index < -0.39 is 23.1 Å². The van der Waals surface area contributed by atoms with Crippen LogP contribution in [0.2, 0.25) is 5.02 Å². The molecule has 0 saturated carbocycles. The first-order valence-electron chi connectivity index (χ1n) is 8.57. The summed E-state index contributed by atoms with van der Waals surface area (Å²) in [6, 6.07) is 14.3. The Balaban J connectivity index is 1.76. The SMILES string of the molecule is Cn1c(=O)ccn(CC(=O)Nc2ccccc2C(=O)Nc2ccc(Cl)cc2)c1=O. The second-order valence-corrected chi connectivity index (χ2v) is 6.61. The molecule has 3 aromatic rings. The first-order chi connectivity index (χ1) is 13.8. The van der Waals surface area contributed by atoms with Gasteiger partial charge in [-0.1, -0.05) is 23.7 Å². The van der Waals surface area contributed by atoms with Crippen LogP contribution in [0.15, 0.2) is 70.4 Å². The van der Waals surface area contributed by atoms with Crippen LogP contribution in [-0.2, 0) is 18.4 Å². The van der Waals surface area contributed by atoms with E-state index in [0.29, 0.717) is 16.4 Å². The number of halogens is 1. The van der Waals surface area contributed by atoms with Gasteiger partial charge in [-0.2, -0.15) is 0 Å². The zero-order chi connectivity index (χ0) is 21.0. The van der Waals surface area contributed by atoms with E-state index in [1.54, 1.807) is 48.5 Å². The number of anilines is 2. The Hall–Kier alpha value is -3.65. The maximum absolute atomic E-state index is 12.6. The second-order valence-electron chi connectivity index (χ2n) is 6.18. The van der Waals surface area contributed by atoms with E-state index in [0.717, 1.165) is 9.13 Å². The number of amides is 2. The summed E-state index contributed by atoms with van der Waals surface area (Å²) in [5.74, 6) is -0.931. The van der Waals surface area contributed by atoms with Crippen LogP contribution in [0, 0.1) is 0 Å². The van der Waals surface area contributed by atoms with Crippen LogP contribution >= 0.6 is 11.6 Å². The van der Waals surface area contributed by atoms with Gasteiger partial charge in [0, 0.05) is 30.0 Å². The maximum atomic E-state index is 12.6. The van der Waals surface area contributed by atoms with E-state index >= 15 is 0 Å². The van der Waals surface area contributed by atoms with E-state index in [9.17, 15) is 19.2 Å². The van der Waals surface area contributed by atoms with Crippen LogP contribution in [0.3, 0.4) is 0 Å². The van der Waals surface area contributed by atoms with Gasteiger partial charge in [0.2, 0.25) is 5.91 Å². The van der Waals surface area contributed by atoms with Crippen molar-refractivity contribution >= 4 is 34.8 Å². The normalized spacial score (nSPS) is 10.4. The predicted molar refractivity (Wildman–Crippen MR) is 110 cm³/mol. The molecule has 0 saturated heterocycles. The van der Waals surface area contributed by atoms with Crippen LogP contribution < -0.4 is 21.9 Å². The van der Waals surface area contributed by atoms with Gasteiger partial charge in [0.15, 0.2) is 0 Å². The van der Waals surface area contributed by atoms with Crippen LogP contribution in [0.4, 0.5) is 11.4 Å². The summed E-state index contributed by atoms with van der Waals surface area (Å²) in [6.45, 7) is -0.305. The van der Waals surface area contributed by atoms with Gasteiger partial charge >= 0.3 is 5.69 Å². The fourth-order valence-corrected chi connectivity index (χ4v) is 2.73. The number of benzene rings is 2. The summed E-state index contributed by atoms with van der Waals surface area (Å²) in [7, 11) is 1.33. The molecule has 2 N–H and O–H groups in total. The van der Waals surface area contributed by atoms with Crippen molar-refractivity contribution < 1.29 is 9.59 Å². The molecule has 148 valence electrons. The molecular weight excluding hydrogens is 396 g/mol. The van der Waals surface area contributed by atoms with E-state index in [1.165, 1.54) is 19.3 Å². The minimum Gasteiger partial charge on any atom is -0.324 e. The first kappa shape index (κ1) is 20.1. The molecule has 0 fully saturated rings. The zero-order valence-corrected chi connectivity index (χ0v) is 16.1. The lowest BCUT2D eigenvalue weighted by Gasteiger charge is -2.12. The molecule has 0 atom stereocenters. The number of para-hydroxylation sites is 1. The molecule has 0 radical (unpaired) electrons.